The highest BCUT2D eigenvalue weighted by molar-refractivity contribution is 5.73. The lowest BCUT2D eigenvalue weighted by molar-refractivity contribution is -0.797. The Morgan fingerprint density at radius 1 is 1.04 bits per heavy atom. The van der Waals surface area contributed by atoms with Gasteiger partial charge in [0.2, 0.25) is 0 Å². The molecule has 2 rings (SSSR count). The van der Waals surface area contributed by atoms with E-state index in [4.69, 9.17) is 4.74 Å². The summed E-state index contributed by atoms with van der Waals surface area (Å²) in [5.74, 6) is -1.35. The summed E-state index contributed by atoms with van der Waals surface area (Å²) in [5, 5.41) is 18.7. The van der Waals surface area contributed by atoms with Crippen molar-refractivity contribution in [1.29, 1.82) is 0 Å². The quantitative estimate of drug-likeness (QED) is 0.416. The molecule has 1 aliphatic carbocycles. The smallest absolute Gasteiger partial charge is 0.309 e. The fourth-order valence-electron chi connectivity index (χ4n) is 2.44. The van der Waals surface area contributed by atoms with Gasteiger partial charge < -0.3 is 14.4 Å². The Kier molecular flexibility index (Phi) is 5.28. The number of carbonyl (C=O) groups excluding carboxylic acids is 1. The molecule has 1 aliphatic rings. The monoisotopic (exact) mass is 326 g/mol. The summed E-state index contributed by atoms with van der Waals surface area (Å²) in [6, 6.07) is 8.96. The van der Waals surface area contributed by atoms with Gasteiger partial charge in [0.25, 0.3) is 10.2 Å². The van der Waals surface area contributed by atoms with E-state index in [1.807, 2.05) is 6.07 Å². The Hall–Kier alpha value is -2.91. The average molecular weight is 326 g/mol. The topological polar surface area (TPSA) is 131 Å². The molecule has 23 heavy (non-hydrogen) atoms. The predicted molar refractivity (Wildman–Crippen MR) is 72.7 cm³/mol. The minimum absolute atomic E-state index is 0.0533. The van der Waals surface area contributed by atoms with Crippen molar-refractivity contribution < 1.29 is 29.4 Å². The van der Waals surface area contributed by atoms with Crippen molar-refractivity contribution >= 4 is 5.97 Å². The van der Waals surface area contributed by atoms with E-state index in [9.17, 15) is 25.0 Å². The summed E-state index contributed by atoms with van der Waals surface area (Å²) in [4.78, 5) is 41.5. The molecular weight excluding hydrogens is 312 g/mol. The van der Waals surface area contributed by atoms with Crippen molar-refractivity contribution in [2.45, 2.75) is 31.7 Å². The summed E-state index contributed by atoms with van der Waals surface area (Å²) < 4.78 is 5.13. The van der Waals surface area contributed by atoms with Crippen molar-refractivity contribution in [3.63, 3.8) is 0 Å². The lowest BCUT2D eigenvalue weighted by Gasteiger charge is -2.14. The summed E-state index contributed by atoms with van der Waals surface area (Å²) in [5.41, 5.74) is 0.787. The minimum Gasteiger partial charge on any atom is -0.461 e. The lowest BCUT2D eigenvalue weighted by Crippen LogP contribution is -2.30. The highest BCUT2D eigenvalue weighted by Crippen LogP contribution is 2.32. The van der Waals surface area contributed by atoms with E-state index in [1.165, 1.54) is 0 Å². The lowest BCUT2D eigenvalue weighted by atomic mass is 10.1. The van der Waals surface area contributed by atoms with Crippen LogP contribution in [0.15, 0.2) is 30.3 Å². The van der Waals surface area contributed by atoms with Gasteiger partial charge in [-0.15, -0.1) is 20.2 Å². The number of hydrogen-bond acceptors (Lipinski definition) is 8. The summed E-state index contributed by atoms with van der Waals surface area (Å²) >= 11 is 0. The Labute approximate surface area is 130 Å². The minimum atomic E-state index is -1.18. The molecule has 0 amide bonds. The van der Waals surface area contributed by atoms with Gasteiger partial charge in [0.05, 0.1) is 5.92 Å². The molecule has 0 spiro atoms. The molecule has 124 valence electrons. The second kappa shape index (κ2) is 7.38. The maximum atomic E-state index is 12.0. The first-order valence-corrected chi connectivity index (χ1v) is 6.78. The van der Waals surface area contributed by atoms with Crippen molar-refractivity contribution in [2.24, 2.45) is 5.92 Å². The van der Waals surface area contributed by atoms with Crippen LogP contribution in [0, 0.1) is 26.1 Å². The third-order valence-corrected chi connectivity index (χ3v) is 3.45. The molecule has 1 fully saturated rings. The number of nitrogens with zero attached hydrogens (tertiary/aromatic N) is 2. The second-order valence-corrected chi connectivity index (χ2v) is 5.00. The molecule has 1 saturated carbocycles. The van der Waals surface area contributed by atoms with E-state index >= 15 is 0 Å². The number of benzene rings is 1. The van der Waals surface area contributed by atoms with E-state index in [-0.39, 0.29) is 19.4 Å². The van der Waals surface area contributed by atoms with Crippen LogP contribution >= 0.6 is 0 Å². The normalized spacial score (nSPS) is 23.0. The summed E-state index contributed by atoms with van der Waals surface area (Å²) in [6.07, 6.45) is -2.51. The zero-order chi connectivity index (χ0) is 16.8. The molecule has 10 heteroatoms. The van der Waals surface area contributed by atoms with Crippen LogP contribution < -0.4 is 0 Å². The van der Waals surface area contributed by atoms with Gasteiger partial charge in [-0.2, -0.15) is 0 Å². The molecule has 10 nitrogen and oxygen atoms in total. The zero-order valence-electron chi connectivity index (χ0n) is 11.9. The van der Waals surface area contributed by atoms with Crippen LogP contribution in [-0.4, -0.2) is 28.4 Å². The molecule has 0 N–H and O–H groups in total. The second-order valence-electron chi connectivity index (χ2n) is 5.00. The van der Waals surface area contributed by atoms with E-state index in [1.54, 1.807) is 24.3 Å². The van der Waals surface area contributed by atoms with Crippen LogP contribution in [0.2, 0.25) is 0 Å². The number of rotatable bonds is 7. The van der Waals surface area contributed by atoms with Crippen LogP contribution in [0.4, 0.5) is 0 Å². The number of carbonyl (C=O) groups is 1. The summed E-state index contributed by atoms with van der Waals surface area (Å²) in [6.45, 7) is 0.0533. The number of esters is 1. The molecule has 2 unspecified atom stereocenters. The molecule has 0 aliphatic heterocycles. The number of ether oxygens (including phenoxy) is 1. The van der Waals surface area contributed by atoms with Crippen molar-refractivity contribution in [3.05, 3.63) is 56.1 Å². The standard InChI is InChI=1S/C13H14N2O8/c16-13(21-8-9-4-2-1-3-5-9)10-6-11(22-14(17)18)12(7-10)23-15(19)20/h1-5,10-12H,6-8H2. The van der Waals surface area contributed by atoms with Gasteiger partial charge >= 0.3 is 5.97 Å². The molecule has 0 aromatic heterocycles. The van der Waals surface area contributed by atoms with E-state index in [0.29, 0.717) is 0 Å². The predicted octanol–water partition coefficient (Wildman–Crippen LogP) is 1.29. The van der Waals surface area contributed by atoms with Gasteiger partial charge in [0.1, 0.15) is 18.8 Å². The van der Waals surface area contributed by atoms with Crippen molar-refractivity contribution in [1.82, 2.24) is 0 Å². The third kappa shape index (κ3) is 4.80. The van der Waals surface area contributed by atoms with Gasteiger partial charge in [0.15, 0.2) is 0 Å². The fraction of sp³-hybridized carbons (Fsp3) is 0.462. The molecule has 0 heterocycles. The Bertz CT molecular complexity index is 555. The molecule has 0 saturated heterocycles. The van der Waals surface area contributed by atoms with Gasteiger partial charge in [-0.1, -0.05) is 30.3 Å². The zero-order valence-corrected chi connectivity index (χ0v) is 11.9. The molecule has 0 bridgehead atoms. The Morgan fingerprint density at radius 2 is 1.57 bits per heavy atom. The van der Waals surface area contributed by atoms with Gasteiger partial charge in [-0.05, 0) is 18.4 Å². The van der Waals surface area contributed by atoms with Gasteiger partial charge in [0, 0.05) is 0 Å². The van der Waals surface area contributed by atoms with Gasteiger partial charge in [-0.3, -0.25) is 4.79 Å². The molecular formula is C13H14N2O8. The summed E-state index contributed by atoms with van der Waals surface area (Å²) in [7, 11) is 0. The molecule has 2 atom stereocenters. The Balaban J connectivity index is 1.92. The van der Waals surface area contributed by atoms with Crippen LogP contribution in [0.3, 0.4) is 0 Å². The van der Waals surface area contributed by atoms with Crippen LogP contribution in [-0.2, 0) is 25.8 Å². The molecule has 0 radical (unpaired) electrons. The fourth-order valence-corrected chi connectivity index (χ4v) is 2.44. The highest BCUT2D eigenvalue weighted by atomic mass is 17.0. The third-order valence-electron chi connectivity index (χ3n) is 3.45. The van der Waals surface area contributed by atoms with Gasteiger partial charge in [-0.25, -0.2) is 0 Å². The van der Waals surface area contributed by atoms with Crippen LogP contribution in [0.25, 0.3) is 0 Å². The first-order valence-electron chi connectivity index (χ1n) is 6.78. The maximum absolute atomic E-state index is 12.0. The first kappa shape index (κ1) is 16.5. The van der Waals surface area contributed by atoms with Crippen molar-refractivity contribution in [3.8, 4) is 0 Å². The van der Waals surface area contributed by atoms with Crippen LogP contribution in [0.1, 0.15) is 18.4 Å². The van der Waals surface area contributed by atoms with E-state index in [2.05, 4.69) is 9.68 Å². The van der Waals surface area contributed by atoms with E-state index in [0.717, 1.165) is 5.56 Å². The van der Waals surface area contributed by atoms with Crippen LogP contribution in [0.5, 0.6) is 0 Å². The highest BCUT2D eigenvalue weighted by Gasteiger charge is 2.43. The largest absolute Gasteiger partial charge is 0.461 e. The first-order chi connectivity index (χ1) is 11.0. The molecule has 1 aromatic rings. The number of hydrogen-bond donors (Lipinski definition) is 0. The molecule has 1 aromatic carbocycles. The Morgan fingerprint density at radius 3 is 2.04 bits per heavy atom. The average Bonchev–Trinajstić information content (AvgIpc) is 2.87. The van der Waals surface area contributed by atoms with Crippen molar-refractivity contribution in [2.75, 3.05) is 0 Å². The SMILES string of the molecule is O=C(OCc1ccccc1)C1CC(O[N+](=O)[O-])C(O[N+](=O)[O-])C1. The maximum Gasteiger partial charge on any atom is 0.309 e. The van der Waals surface area contributed by atoms with E-state index < -0.39 is 34.3 Å².